The van der Waals surface area contributed by atoms with Crippen molar-refractivity contribution < 1.29 is 19.1 Å². The minimum Gasteiger partial charge on any atom is -0.444 e. The first kappa shape index (κ1) is 30.8. The van der Waals surface area contributed by atoms with E-state index in [1.807, 2.05) is 59.1 Å². The fourth-order valence-corrected chi connectivity index (χ4v) is 6.92. The summed E-state index contributed by atoms with van der Waals surface area (Å²) in [7, 11) is 0. The molecule has 0 saturated heterocycles. The minimum absolute atomic E-state index is 0.0646. The van der Waals surface area contributed by atoms with Gasteiger partial charge in [0.05, 0.1) is 22.4 Å². The highest BCUT2D eigenvalue weighted by atomic mass is 35.5. The molecule has 0 spiro atoms. The number of amides is 2. The van der Waals surface area contributed by atoms with Crippen molar-refractivity contribution in [2.45, 2.75) is 84.1 Å². The lowest BCUT2D eigenvalue weighted by Gasteiger charge is -2.30. The zero-order chi connectivity index (χ0) is 29.9. The monoisotopic (exact) mass is 613 g/mol. The van der Waals surface area contributed by atoms with Gasteiger partial charge in [-0.05, 0) is 71.9 Å². The molecular formula is C31H36ClN3O4S2. The van der Waals surface area contributed by atoms with Gasteiger partial charge in [0.2, 0.25) is 0 Å². The van der Waals surface area contributed by atoms with Crippen molar-refractivity contribution in [1.82, 2.24) is 10.3 Å². The number of halogens is 1. The van der Waals surface area contributed by atoms with Crippen LogP contribution >= 0.6 is 34.3 Å². The third-order valence-electron chi connectivity index (χ3n) is 6.17. The van der Waals surface area contributed by atoms with E-state index >= 15 is 0 Å². The van der Waals surface area contributed by atoms with Crippen molar-refractivity contribution in [2.24, 2.45) is 0 Å². The zero-order valence-corrected chi connectivity index (χ0v) is 26.6. The van der Waals surface area contributed by atoms with E-state index < -0.39 is 23.4 Å². The van der Waals surface area contributed by atoms with Crippen LogP contribution < -0.4 is 10.2 Å². The van der Waals surface area contributed by atoms with Crippen molar-refractivity contribution in [3.8, 4) is 0 Å². The fourth-order valence-electron chi connectivity index (χ4n) is 4.62. The number of thiophene rings is 2. The van der Waals surface area contributed by atoms with Gasteiger partial charge in [-0.25, -0.2) is 14.6 Å². The first-order valence-electron chi connectivity index (χ1n) is 13.4. The summed E-state index contributed by atoms with van der Waals surface area (Å²) >= 11 is 9.69. The number of pyridine rings is 1. The summed E-state index contributed by atoms with van der Waals surface area (Å²) in [6.45, 7) is 15.2. The van der Waals surface area contributed by atoms with Gasteiger partial charge in [-0.15, -0.1) is 28.4 Å². The smallest absolute Gasteiger partial charge is 0.415 e. The number of aromatic nitrogens is 1. The highest BCUT2D eigenvalue weighted by molar-refractivity contribution is 7.20. The molecule has 7 nitrogen and oxygen atoms in total. The van der Waals surface area contributed by atoms with Crippen LogP contribution in [0.2, 0.25) is 5.15 Å². The van der Waals surface area contributed by atoms with Crippen LogP contribution in [0.4, 0.5) is 15.3 Å². The molecule has 10 heteroatoms. The van der Waals surface area contributed by atoms with Gasteiger partial charge in [0.25, 0.3) is 0 Å². The molecule has 0 saturated carbocycles. The van der Waals surface area contributed by atoms with Crippen LogP contribution in [0.25, 0.3) is 16.3 Å². The van der Waals surface area contributed by atoms with E-state index in [2.05, 4.69) is 34.8 Å². The number of nitrogens with zero attached hydrogens (tertiary/aromatic N) is 2. The number of hydrogen-bond donors (Lipinski definition) is 1. The molecule has 1 N–H and O–H groups in total. The Morgan fingerprint density at radius 3 is 2.54 bits per heavy atom. The van der Waals surface area contributed by atoms with Gasteiger partial charge < -0.3 is 14.8 Å². The molecule has 0 bridgehead atoms. The van der Waals surface area contributed by atoms with Crippen molar-refractivity contribution in [1.29, 1.82) is 0 Å². The van der Waals surface area contributed by atoms with Crippen LogP contribution in [-0.4, -0.2) is 34.4 Å². The second kappa shape index (κ2) is 12.4. The van der Waals surface area contributed by atoms with E-state index in [-0.39, 0.29) is 17.1 Å². The van der Waals surface area contributed by atoms with Gasteiger partial charge in [-0.3, -0.25) is 4.90 Å². The lowest BCUT2D eigenvalue weighted by atomic mass is 9.86. The SMILES string of the molecule is C=C=Cc1c([C@H]2CC=CC[C@@H]2NC(=O)OC(C)(C)C)sc2c(N(Cc3cccs3)C(=O)OC(C)(C)C)cc(Cl)nc12. The van der Waals surface area contributed by atoms with Gasteiger partial charge in [0, 0.05) is 33.3 Å². The van der Waals surface area contributed by atoms with Gasteiger partial charge >= 0.3 is 12.2 Å². The predicted octanol–water partition coefficient (Wildman–Crippen LogP) is 9.08. The first-order valence-corrected chi connectivity index (χ1v) is 15.5. The third-order valence-corrected chi connectivity index (χ3v) is 8.58. The molecule has 0 fully saturated rings. The molecule has 0 unspecified atom stereocenters. The summed E-state index contributed by atoms with van der Waals surface area (Å²) in [5.41, 5.74) is 3.68. The van der Waals surface area contributed by atoms with Gasteiger partial charge in [0.15, 0.2) is 0 Å². The van der Waals surface area contributed by atoms with Crippen molar-refractivity contribution in [2.75, 3.05) is 4.90 Å². The number of hydrogen-bond acceptors (Lipinski definition) is 7. The summed E-state index contributed by atoms with van der Waals surface area (Å²) in [6, 6.07) is 5.44. The molecule has 0 aromatic carbocycles. The van der Waals surface area contributed by atoms with Gasteiger partial charge in [0.1, 0.15) is 16.4 Å². The zero-order valence-electron chi connectivity index (χ0n) is 24.2. The van der Waals surface area contributed by atoms with E-state index in [9.17, 15) is 9.59 Å². The highest BCUT2D eigenvalue weighted by Gasteiger charge is 2.33. The second-order valence-corrected chi connectivity index (χ2v) is 14.3. The molecule has 4 rings (SSSR count). The number of allylic oxidation sites excluding steroid dienone is 1. The summed E-state index contributed by atoms with van der Waals surface area (Å²) in [5, 5.41) is 5.30. The maximum absolute atomic E-state index is 13.6. The van der Waals surface area contributed by atoms with Crippen LogP contribution in [0.15, 0.2) is 48.0 Å². The van der Waals surface area contributed by atoms with Crippen LogP contribution in [0.5, 0.6) is 0 Å². The van der Waals surface area contributed by atoms with Crippen LogP contribution in [0.3, 0.4) is 0 Å². The minimum atomic E-state index is -0.687. The molecule has 1 aliphatic carbocycles. The van der Waals surface area contributed by atoms with E-state index in [0.717, 1.165) is 20.0 Å². The van der Waals surface area contributed by atoms with Crippen molar-refractivity contribution >= 4 is 68.4 Å². The number of rotatable bonds is 6. The molecular weight excluding hydrogens is 578 g/mol. The number of alkyl carbamates (subject to hydrolysis) is 1. The second-order valence-electron chi connectivity index (χ2n) is 11.8. The lowest BCUT2D eigenvalue weighted by molar-refractivity contribution is 0.0494. The first-order chi connectivity index (χ1) is 19.3. The number of ether oxygens (including phenoxy) is 2. The quantitative estimate of drug-likeness (QED) is 0.170. The summed E-state index contributed by atoms with van der Waals surface area (Å²) < 4.78 is 12.2. The molecule has 3 aromatic heterocycles. The Morgan fingerprint density at radius 1 is 1.20 bits per heavy atom. The lowest BCUT2D eigenvalue weighted by Crippen LogP contribution is -2.42. The normalized spacial score (nSPS) is 17.1. The van der Waals surface area contributed by atoms with Gasteiger partial charge in [-0.2, -0.15) is 0 Å². The largest absolute Gasteiger partial charge is 0.444 e. The third kappa shape index (κ3) is 7.80. The Labute approximate surface area is 254 Å². The Kier molecular flexibility index (Phi) is 9.34. The molecule has 2 atom stereocenters. The molecule has 2 amide bonds. The maximum Gasteiger partial charge on any atom is 0.415 e. The number of carbonyl (C=O) groups excluding carboxylic acids is 2. The van der Waals surface area contributed by atoms with Crippen molar-refractivity contribution in [3.05, 3.63) is 68.5 Å². The van der Waals surface area contributed by atoms with E-state index in [1.165, 1.54) is 11.3 Å². The number of nitrogens with one attached hydrogen (secondary N) is 1. The summed E-state index contributed by atoms with van der Waals surface area (Å²) in [6.07, 6.45) is 6.41. The van der Waals surface area contributed by atoms with E-state index in [4.69, 9.17) is 21.1 Å². The van der Waals surface area contributed by atoms with Crippen molar-refractivity contribution in [3.63, 3.8) is 0 Å². The fraction of sp³-hybridized carbons (Fsp3) is 0.419. The number of fused-ring (bicyclic) bond motifs is 1. The summed E-state index contributed by atoms with van der Waals surface area (Å²) in [5.74, 6) is -0.0646. The Hall–Kier alpha value is -3.10. The van der Waals surface area contributed by atoms with Crippen LogP contribution in [0.1, 0.15) is 75.6 Å². The van der Waals surface area contributed by atoms with Gasteiger partial charge in [-0.1, -0.05) is 36.4 Å². The van der Waals surface area contributed by atoms with E-state index in [0.29, 0.717) is 30.6 Å². The molecule has 218 valence electrons. The Bertz CT molecular complexity index is 1490. The predicted molar refractivity (Wildman–Crippen MR) is 169 cm³/mol. The molecule has 0 radical (unpaired) electrons. The Balaban J connectivity index is 1.84. The molecule has 0 aliphatic heterocycles. The van der Waals surface area contributed by atoms with Crippen LogP contribution in [0, 0.1) is 0 Å². The highest BCUT2D eigenvalue weighted by Crippen LogP contribution is 2.45. The molecule has 1 aliphatic rings. The number of anilines is 1. The van der Waals surface area contributed by atoms with E-state index in [1.54, 1.807) is 28.4 Å². The molecule has 3 aromatic rings. The van der Waals surface area contributed by atoms with Crippen LogP contribution in [-0.2, 0) is 16.0 Å². The average Bonchev–Trinajstić information content (AvgIpc) is 3.49. The molecule has 41 heavy (non-hydrogen) atoms. The Morgan fingerprint density at radius 2 is 1.90 bits per heavy atom. The maximum atomic E-state index is 13.6. The number of carbonyl (C=O) groups is 2. The average molecular weight is 614 g/mol. The molecule has 3 heterocycles. The summed E-state index contributed by atoms with van der Waals surface area (Å²) in [4.78, 5) is 34.6. The topological polar surface area (TPSA) is 80.8 Å². The standard InChI is InChI=1S/C31H36ClN3O4S2/c1-8-12-21-25-27(41-26(21)20-14-9-10-15-22(20)33-28(36)38-30(2,3)4)23(17-24(32)34-25)35(18-19-13-11-16-40-19)29(37)39-31(5,6)7/h9-13,16-17,20,22H,1,14-15,18H2,2-7H3,(H,33,36)/t20-,22-/m0/s1.